The van der Waals surface area contributed by atoms with Gasteiger partial charge >= 0.3 is 0 Å². The number of ketones is 1. The van der Waals surface area contributed by atoms with E-state index >= 15 is 0 Å². The summed E-state index contributed by atoms with van der Waals surface area (Å²) in [4.78, 5) is 12.0. The minimum Gasteiger partial charge on any atom is -0.289 e. The summed E-state index contributed by atoms with van der Waals surface area (Å²) in [5.41, 5.74) is 3.43. The third-order valence-electron chi connectivity index (χ3n) is 3.11. The van der Waals surface area contributed by atoms with Gasteiger partial charge in [0.25, 0.3) is 0 Å². The molecule has 0 radical (unpaired) electrons. The number of carbonyl (C=O) groups is 1. The van der Waals surface area contributed by atoms with Crippen LogP contribution in [0.2, 0.25) is 0 Å². The van der Waals surface area contributed by atoms with Crippen LogP contribution in [0, 0.1) is 11.3 Å². The van der Waals surface area contributed by atoms with Gasteiger partial charge in [0.2, 0.25) is 0 Å². The number of nitriles is 1. The Morgan fingerprint density at radius 2 is 1.75 bits per heavy atom. The van der Waals surface area contributed by atoms with Crippen molar-refractivity contribution in [2.24, 2.45) is 0 Å². The molecule has 0 saturated carbocycles. The summed E-state index contributed by atoms with van der Waals surface area (Å²) in [5, 5.41) is 8.72. The lowest BCUT2D eigenvalue weighted by Gasteiger charge is -1.99. The Morgan fingerprint density at radius 3 is 2.30 bits per heavy atom. The third kappa shape index (κ3) is 3.43. The number of carbonyl (C=O) groups excluding carboxylic acids is 1. The van der Waals surface area contributed by atoms with Gasteiger partial charge in [-0.1, -0.05) is 49.4 Å². The highest BCUT2D eigenvalue weighted by Gasteiger charge is 2.01. The van der Waals surface area contributed by atoms with E-state index in [1.165, 1.54) is 5.56 Å². The maximum absolute atomic E-state index is 12.0. The number of hydrogen-bond acceptors (Lipinski definition) is 2. The lowest BCUT2D eigenvalue weighted by Crippen LogP contribution is -1.94. The van der Waals surface area contributed by atoms with Gasteiger partial charge in [-0.25, -0.2) is 0 Å². The van der Waals surface area contributed by atoms with E-state index in [9.17, 15) is 4.79 Å². The van der Waals surface area contributed by atoms with Crippen LogP contribution in [0.4, 0.5) is 0 Å². The molecule has 0 atom stereocenters. The molecule has 0 aliphatic heterocycles. The van der Waals surface area contributed by atoms with E-state index in [2.05, 4.69) is 13.0 Å². The van der Waals surface area contributed by atoms with Crippen molar-refractivity contribution in [3.63, 3.8) is 0 Å². The van der Waals surface area contributed by atoms with Crippen LogP contribution >= 0.6 is 0 Å². The first-order valence-corrected chi connectivity index (χ1v) is 6.54. The first-order chi connectivity index (χ1) is 9.72. The quantitative estimate of drug-likeness (QED) is 0.616. The van der Waals surface area contributed by atoms with E-state index in [1.54, 1.807) is 24.3 Å². The second kappa shape index (κ2) is 6.49. The molecule has 0 heterocycles. The van der Waals surface area contributed by atoms with Crippen molar-refractivity contribution in [1.82, 2.24) is 0 Å². The van der Waals surface area contributed by atoms with Gasteiger partial charge in [0, 0.05) is 5.56 Å². The summed E-state index contributed by atoms with van der Waals surface area (Å²) in [5.74, 6) is -0.0167. The molecule has 2 aromatic rings. The molecular formula is C18H15NO. The Bertz CT molecular complexity index is 658. The summed E-state index contributed by atoms with van der Waals surface area (Å²) in [6.45, 7) is 2.08. The van der Waals surface area contributed by atoms with E-state index in [0.717, 1.165) is 12.0 Å². The van der Waals surface area contributed by atoms with E-state index in [4.69, 9.17) is 5.26 Å². The number of hydrogen-bond donors (Lipinski definition) is 0. The number of nitrogens with zero attached hydrogens (tertiary/aromatic N) is 1. The minimum atomic E-state index is -0.0167. The summed E-state index contributed by atoms with van der Waals surface area (Å²) >= 11 is 0. The molecule has 0 N–H and O–H groups in total. The van der Waals surface area contributed by atoms with Crippen LogP contribution in [0.5, 0.6) is 0 Å². The van der Waals surface area contributed by atoms with Gasteiger partial charge in [-0.05, 0) is 35.8 Å². The molecule has 2 heteroatoms. The first-order valence-electron chi connectivity index (χ1n) is 6.54. The van der Waals surface area contributed by atoms with Crippen molar-refractivity contribution in [3.8, 4) is 6.07 Å². The van der Waals surface area contributed by atoms with Crippen LogP contribution in [-0.2, 0) is 6.42 Å². The average Bonchev–Trinajstić information content (AvgIpc) is 2.53. The predicted molar refractivity (Wildman–Crippen MR) is 80.3 cm³/mol. The molecular weight excluding hydrogens is 246 g/mol. The first kappa shape index (κ1) is 13.8. The Kier molecular flexibility index (Phi) is 4.47. The van der Waals surface area contributed by atoms with Crippen LogP contribution < -0.4 is 0 Å². The Hall–Kier alpha value is -2.66. The Labute approximate surface area is 119 Å². The smallest absolute Gasteiger partial charge is 0.185 e. The minimum absolute atomic E-state index is 0.0167. The lowest BCUT2D eigenvalue weighted by molar-refractivity contribution is 0.104. The largest absolute Gasteiger partial charge is 0.289 e. The highest BCUT2D eigenvalue weighted by molar-refractivity contribution is 6.06. The molecule has 0 fully saturated rings. The van der Waals surface area contributed by atoms with Crippen molar-refractivity contribution in [2.45, 2.75) is 13.3 Å². The molecule has 0 bridgehead atoms. The van der Waals surface area contributed by atoms with Crippen LogP contribution in [0.25, 0.3) is 6.08 Å². The van der Waals surface area contributed by atoms with Gasteiger partial charge < -0.3 is 0 Å². The molecule has 0 unspecified atom stereocenters. The Morgan fingerprint density at radius 1 is 1.10 bits per heavy atom. The second-order valence-corrected chi connectivity index (χ2v) is 4.48. The molecule has 2 nitrogen and oxygen atoms in total. The topological polar surface area (TPSA) is 40.9 Å². The van der Waals surface area contributed by atoms with Gasteiger partial charge in [0.1, 0.15) is 0 Å². The van der Waals surface area contributed by atoms with Gasteiger partial charge in [-0.3, -0.25) is 4.79 Å². The van der Waals surface area contributed by atoms with Gasteiger partial charge in [-0.2, -0.15) is 5.26 Å². The Balaban J connectivity index is 2.09. The molecule has 0 amide bonds. The van der Waals surface area contributed by atoms with Crippen molar-refractivity contribution < 1.29 is 4.79 Å². The zero-order valence-electron chi connectivity index (χ0n) is 11.3. The fourth-order valence-corrected chi connectivity index (χ4v) is 1.84. The van der Waals surface area contributed by atoms with E-state index < -0.39 is 0 Å². The molecule has 98 valence electrons. The molecule has 0 aliphatic rings. The normalized spacial score (nSPS) is 10.4. The zero-order chi connectivity index (χ0) is 14.4. The van der Waals surface area contributed by atoms with Crippen LogP contribution in [0.3, 0.4) is 0 Å². The zero-order valence-corrected chi connectivity index (χ0v) is 11.3. The summed E-state index contributed by atoms with van der Waals surface area (Å²) in [7, 11) is 0. The summed E-state index contributed by atoms with van der Waals surface area (Å²) in [6, 6.07) is 16.8. The predicted octanol–water partition coefficient (Wildman–Crippen LogP) is 4.02. The lowest BCUT2D eigenvalue weighted by atomic mass is 10.1. The molecule has 0 aliphatic carbocycles. The van der Waals surface area contributed by atoms with E-state index in [1.807, 2.05) is 36.4 Å². The van der Waals surface area contributed by atoms with E-state index in [0.29, 0.717) is 11.1 Å². The highest BCUT2D eigenvalue weighted by Crippen LogP contribution is 2.09. The fourth-order valence-electron chi connectivity index (χ4n) is 1.84. The molecule has 2 rings (SSSR count). The molecule has 0 spiro atoms. The molecule has 2 aromatic carbocycles. The summed E-state index contributed by atoms with van der Waals surface area (Å²) < 4.78 is 0. The van der Waals surface area contributed by atoms with Gasteiger partial charge in [0.15, 0.2) is 5.78 Å². The van der Waals surface area contributed by atoms with Crippen molar-refractivity contribution in [3.05, 3.63) is 76.9 Å². The highest BCUT2D eigenvalue weighted by atomic mass is 16.1. The van der Waals surface area contributed by atoms with E-state index in [-0.39, 0.29) is 5.78 Å². The van der Waals surface area contributed by atoms with Crippen LogP contribution in [-0.4, -0.2) is 5.78 Å². The van der Waals surface area contributed by atoms with Crippen molar-refractivity contribution in [2.75, 3.05) is 0 Å². The van der Waals surface area contributed by atoms with Crippen LogP contribution in [0.15, 0.2) is 54.6 Å². The third-order valence-corrected chi connectivity index (χ3v) is 3.11. The monoisotopic (exact) mass is 261 g/mol. The van der Waals surface area contributed by atoms with Crippen LogP contribution in [0.1, 0.15) is 34.0 Å². The summed E-state index contributed by atoms with van der Waals surface area (Å²) in [6.07, 6.45) is 4.29. The van der Waals surface area contributed by atoms with Crippen molar-refractivity contribution in [1.29, 1.82) is 5.26 Å². The number of aryl methyl sites for hydroxylation is 1. The molecule has 0 saturated heterocycles. The SMILES string of the molecule is CCc1ccc(C(=O)/C=C/c2ccc(C#N)cc2)cc1. The number of allylic oxidation sites excluding steroid dienone is 1. The maximum Gasteiger partial charge on any atom is 0.185 e. The molecule has 0 aromatic heterocycles. The molecule has 20 heavy (non-hydrogen) atoms. The second-order valence-electron chi connectivity index (χ2n) is 4.48. The van der Waals surface area contributed by atoms with Gasteiger partial charge in [-0.15, -0.1) is 0 Å². The number of benzene rings is 2. The maximum atomic E-state index is 12.0. The standard InChI is InChI=1S/C18H15NO/c1-2-14-7-10-17(11-8-14)18(20)12-9-15-3-5-16(13-19)6-4-15/h3-12H,2H2,1H3/b12-9+. The van der Waals surface area contributed by atoms with Crippen molar-refractivity contribution >= 4 is 11.9 Å². The average molecular weight is 261 g/mol. The fraction of sp³-hybridized carbons (Fsp3) is 0.111. The number of rotatable bonds is 4. The van der Waals surface area contributed by atoms with Gasteiger partial charge in [0.05, 0.1) is 11.6 Å².